The molecule has 17 heavy (non-hydrogen) atoms. The summed E-state index contributed by atoms with van der Waals surface area (Å²) in [7, 11) is 0. The van der Waals surface area contributed by atoms with E-state index in [1.807, 2.05) is 12.1 Å². The second kappa shape index (κ2) is 6.48. The molecule has 0 N–H and O–H groups in total. The number of nitro groups is 1. The van der Waals surface area contributed by atoms with Crippen molar-refractivity contribution in [3.05, 3.63) is 58.3 Å². The van der Waals surface area contributed by atoms with Crippen molar-refractivity contribution in [2.24, 2.45) is 0 Å². The lowest BCUT2D eigenvalue weighted by molar-refractivity contribution is -0.425. The third-order valence-corrected chi connectivity index (χ3v) is 2.19. The van der Waals surface area contributed by atoms with Crippen LogP contribution >= 0.6 is 0 Å². The van der Waals surface area contributed by atoms with Crippen LogP contribution in [0.5, 0.6) is 5.75 Å². The highest BCUT2D eigenvalue weighted by molar-refractivity contribution is 5.58. The van der Waals surface area contributed by atoms with E-state index in [-0.39, 0.29) is 10.6 Å². The van der Waals surface area contributed by atoms with Crippen LogP contribution in [0.15, 0.2) is 42.6 Å². The Labute approximate surface area is 100 Å². The lowest BCUT2D eigenvalue weighted by Gasteiger charge is -2.06. The fraction of sp³-hybridized carbons (Fsp3) is 0.231. The second-order valence-corrected chi connectivity index (χ2v) is 3.38. The molecule has 0 fully saturated rings. The first-order valence-corrected chi connectivity index (χ1v) is 5.36. The van der Waals surface area contributed by atoms with Gasteiger partial charge in [-0.15, -0.1) is 0 Å². The van der Waals surface area contributed by atoms with Gasteiger partial charge in [0.25, 0.3) is 0 Å². The molecule has 0 aliphatic heterocycles. The average molecular weight is 233 g/mol. The minimum atomic E-state index is -0.371. The maximum absolute atomic E-state index is 10.7. The Morgan fingerprint density at radius 2 is 2.24 bits per heavy atom. The zero-order valence-electron chi connectivity index (χ0n) is 9.76. The van der Waals surface area contributed by atoms with Crippen LogP contribution in [0.1, 0.15) is 18.9 Å². The summed E-state index contributed by atoms with van der Waals surface area (Å²) in [5.74, 6) is 0.625. The summed E-state index contributed by atoms with van der Waals surface area (Å²) in [4.78, 5) is 10.4. The minimum Gasteiger partial charge on any atom is -0.489 e. The van der Waals surface area contributed by atoms with Crippen molar-refractivity contribution < 1.29 is 9.66 Å². The first-order chi connectivity index (χ1) is 8.19. The molecule has 0 aliphatic rings. The number of allylic oxidation sites excluding steroid dienone is 1. The predicted molar refractivity (Wildman–Crippen MR) is 67.4 cm³/mol. The normalized spacial score (nSPS) is 11.0. The SMILES string of the molecule is C=CCOc1ccccc1C=C(CC)[N+](=O)[O-]. The molecule has 1 aromatic carbocycles. The van der Waals surface area contributed by atoms with Crippen molar-refractivity contribution >= 4 is 6.08 Å². The highest BCUT2D eigenvalue weighted by Gasteiger charge is 2.09. The van der Waals surface area contributed by atoms with Crippen molar-refractivity contribution in [2.75, 3.05) is 6.61 Å². The van der Waals surface area contributed by atoms with Crippen LogP contribution in [0, 0.1) is 10.1 Å². The quantitative estimate of drug-likeness (QED) is 0.430. The summed E-state index contributed by atoms with van der Waals surface area (Å²) in [5.41, 5.74) is 0.877. The summed E-state index contributed by atoms with van der Waals surface area (Å²) in [6.45, 7) is 5.69. The Morgan fingerprint density at radius 1 is 1.53 bits per heavy atom. The number of para-hydroxylation sites is 1. The molecule has 0 saturated carbocycles. The number of benzene rings is 1. The van der Waals surface area contributed by atoms with E-state index in [2.05, 4.69) is 6.58 Å². The van der Waals surface area contributed by atoms with Gasteiger partial charge in [0.2, 0.25) is 5.70 Å². The Morgan fingerprint density at radius 3 is 2.82 bits per heavy atom. The summed E-state index contributed by atoms with van der Waals surface area (Å²) < 4.78 is 5.43. The Balaban J connectivity index is 3.03. The maximum Gasteiger partial charge on any atom is 0.246 e. The van der Waals surface area contributed by atoms with Crippen LogP contribution in [-0.2, 0) is 0 Å². The van der Waals surface area contributed by atoms with Gasteiger partial charge in [0.1, 0.15) is 12.4 Å². The van der Waals surface area contributed by atoms with Gasteiger partial charge in [-0.1, -0.05) is 37.8 Å². The number of nitrogens with zero attached hydrogens (tertiary/aromatic N) is 1. The fourth-order valence-electron chi connectivity index (χ4n) is 1.34. The van der Waals surface area contributed by atoms with E-state index in [4.69, 9.17) is 4.74 Å². The standard InChI is InChI=1S/C13H15NO3/c1-3-9-17-13-8-6-5-7-11(13)10-12(4-2)14(15)16/h3,5-8,10H,1,4,9H2,2H3. The molecule has 0 amide bonds. The second-order valence-electron chi connectivity index (χ2n) is 3.38. The van der Waals surface area contributed by atoms with Gasteiger partial charge in [-0.25, -0.2) is 0 Å². The molecule has 90 valence electrons. The Bertz CT molecular complexity index is 438. The first kappa shape index (κ1) is 13.0. The van der Waals surface area contributed by atoms with Crippen LogP contribution in [0.3, 0.4) is 0 Å². The highest BCUT2D eigenvalue weighted by atomic mass is 16.6. The maximum atomic E-state index is 10.7. The van der Waals surface area contributed by atoms with Crippen molar-refractivity contribution in [1.82, 2.24) is 0 Å². The molecule has 0 atom stereocenters. The largest absolute Gasteiger partial charge is 0.489 e. The van der Waals surface area contributed by atoms with Crippen LogP contribution < -0.4 is 4.74 Å². The molecule has 0 spiro atoms. The van der Waals surface area contributed by atoms with Gasteiger partial charge < -0.3 is 4.74 Å². The van der Waals surface area contributed by atoms with Crippen molar-refractivity contribution in [3.63, 3.8) is 0 Å². The molecule has 0 bridgehead atoms. The van der Waals surface area contributed by atoms with Gasteiger partial charge in [0.05, 0.1) is 4.92 Å². The van der Waals surface area contributed by atoms with Gasteiger partial charge in [-0.05, 0) is 6.07 Å². The van der Waals surface area contributed by atoms with Crippen LogP contribution in [-0.4, -0.2) is 11.5 Å². The average Bonchev–Trinajstić information content (AvgIpc) is 2.34. The van der Waals surface area contributed by atoms with E-state index < -0.39 is 0 Å². The zero-order valence-corrected chi connectivity index (χ0v) is 9.76. The monoisotopic (exact) mass is 233 g/mol. The molecule has 1 aromatic rings. The third kappa shape index (κ3) is 3.75. The zero-order chi connectivity index (χ0) is 12.7. The Kier molecular flexibility index (Phi) is 4.94. The van der Waals surface area contributed by atoms with Crippen molar-refractivity contribution in [1.29, 1.82) is 0 Å². The Hall–Kier alpha value is -2.10. The van der Waals surface area contributed by atoms with Crippen LogP contribution in [0.25, 0.3) is 6.08 Å². The van der Waals surface area contributed by atoms with Crippen LogP contribution in [0.4, 0.5) is 0 Å². The van der Waals surface area contributed by atoms with Gasteiger partial charge >= 0.3 is 0 Å². The molecule has 0 aliphatic carbocycles. The predicted octanol–water partition coefficient (Wildman–Crippen LogP) is 3.28. The molecule has 1 rings (SSSR count). The first-order valence-electron chi connectivity index (χ1n) is 5.36. The fourth-order valence-corrected chi connectivity index (χ4v) is 1.34. The van der Waals surface area contributed by atoms with Crippen molar-refractivity contribution in [3.8, 4) is 5.75 Å². The number of ether oxygens (including phenoxy) is 1. The van der Waals surface area contributed by atoms with Gasteiger partial charge in [-0.2, -0.15) is 0 Å². The number of rotatable bonds is 6. The summed E-state index contributed by atoms with van der Waals surface area (Å²) >= 11 is 0. The van der Waals surface area contributed by atoms with Crippen molar-refractivity contribution in [2.45, 2.75) is 13.3 Å². The van der Waals surface area contributed by atoms with E-state index in [1.54, 1.807) is 31.2 Å². The van der Waals surface area contributed by atoms with E-state index in [1.165, 1.54) is 0 Å². The lowest BCUT2D eigenvalue weighted by atomic mass is 10.1. The minimum absolute atomic E-state index is 0.166. The van der Waals surface area contributed by atoms with E-state index in [0.29, 0.717) is 24.3 Å². The lowest BCUT2D eigenvalue weighted by Crippen LogP contribution is -1.99. The van der Waals surface area contributed by atoms with E-state index in [9.17, 15) is 10.1 Å². The third-order valence-electron chi connectivity index (χ3n) is 2.19. The molecule has 0 saturated heterocycles. The number of hydrogen-bond acceptors (Lipinski definition) is 3. The van der Waals surface area contributed by atoms with Crippen LogP contribution in [0.2, 0.25) is 0 Å². The topological polar surface area (TPSA) is 52.4 Å². The summed E-state index contributed by atoms with van der Waals surface area (Å²) in [5, 5.41) is 10.7. The van der Waals surface area contributed by atoms with E-state index >= 15 is 0 Å². The summed E-state index contributed by atoms with van der Waals surface area (Å²) in [6.07, 6.45) is 3.55. The highest BCUT2D eigenvalue weighted by Crippen LogP contribution is 2.21. The molecular weight excluding hydrogens is 218 g/mol. The summed E-state index contributed by atoms with van der Waals surface area (Å²) in [6, 6.07) is 7.22. The number of hydrogen-bond donors (Lipinski definition) is 0. The molecular formula is C13H15NO3. The van der Waals surface area contributed by atoms with Gasteiger partial charge in [-0.3, -0.25) is 10.1 Å². The van der Waals surface area contributed by atoms with Gasteiger partial charge in [0.15, 0.2) is 0 Å². The van der Waals surface area contributed by atoms with E-state index in [0.717, 1.165) is 0 Å². The molecule has 0 heterocycles. The molecule has 0 unspecified atom stereocenters. The van der Waals surface area contributed by atoms with Gasteiger partial charge in [0, 0.05) is 18.1 Å². The molecule has 4 heteroatoms. The smallest absolute Gasteiger partial charge is 0.246 e. The molecule has 4 nitrogen and oxygen atoms in total. The molecule has 0 aromatic heterocycles. The molecule has 0 radical (unpaired) electrons.